The lowest BCUT2D eigenvalue weighted by molar-refractivity contribution is 0.415. The fourth-order valence-electron chi connectivity index (χ4n) is 2.69. The van der Waals surface area contributed by atoms with E-state index < -0.39 is 0 Å². The van der Waals surface area contributed by atoms with Crippen LogP contribution in [0, 0.1) is 6.92 Å². The Morgan fingerprint density at radius 3 is 2.93 bits per heavy atom. The smallest absolute Gasteiger partial charge is 0.191 e. The molecule has 0 bridgehead atoms. The second-order valence-electron chi connectivity index (χ2n) is 5.92. The maximum absolute atomic E-state index is 5.37. The van der Waals surface area contributed by atoms with Crippen LogP contribution in [0.2, 0.25) is 0 Å². The van der Waals surface area contributed by atoms with Crippen LogP contribution in [0.3, 0.4) is 0 Å². The van der Waals surface area contributed by atoms with Gasteiger partial charge in [-0.25, -0.2) is 4.98 Å². The Kier molecular flexibility index (Phi) is 5.00. The molecule has 0 saturated carbocycles. The van der Waals surface area contributed by atoms with Crippen molar-refractivity contribution in [2.45, 2.75) is 17.8 Å². The van der Waals surface area contributed by atoms with Gasteiger partial charge >= 0.3 is 0 Å². The van der Waals surface area contributed by atoms with Gasteiger partial charge in [0.1, 0.15) is 16.5 Å². The first-order chi connectivity index (χ1) is 13.2. The van der Waals surface area contributed by atoms with Crippen molar-refractivity contribution in [3.63, 3.8) is 0 Å². The zero-order valence-corrected chi connectivity index (χ0v) is 16.8. The molecule has 4 aromatic rings. The van der Waals surface area contributed by atoms with E-state index in [1.54, 1.807) is 36.5 Å². The molecule has 4 rings (SSSR count). The topological polar surface area (TPSA) is 66.0 Å². The molecule has 0 radical (unpaired) electrons. The molecule has 27 heavy (non-hydrogen) atoms. The molecular weight excluding hydrogens is 380 g/mol. The molecule has 3 heterocycles. The molecule has 0 amide bonds. The van der Waals surface area contributed by atoms with Gasteiger partial charge in [-0.1, -0.05) is 23.9 Å². The number of rotatable bonds is 6. The largest absolute Gasteiger partial charge is 0.497 e. The predicted octanol–water partition coefficient (Wildman–Crippen LogP) is 4.81. The van der Waals surface area contributed by atoms with Crippen LogP contribution in [0.5, 0.6) is 5.75 Å². The van der Waals surface area contributed by atoms with Crippen molar-refractivity contribution in [3.05, 3.63) is 53.4 Å². The summed E-state index contributed by atoms with van der Waals surface area (Å²) < 4.78 is 12.6. The molecule has 0 N–H and O–H groups in total. The summed E-state index contributed by atoms with van der Waals surface area (Å²) >= 11 is 3.25. The summed E-state index contributed by atoms with van der Waals surface area (Å²) in [5.41, 5.74) is 3.05. The van der Waals surface area contributed by atoms with E-state index in [0.717, 1.165) is 50.1 Å². The molecule has 0 aliphatic rings. The Bertz CT molecular complexity index is 1070. The summed E-state index contributed by atoms with van der Waals surface area (Å²) in [5, 5.41) is 12.5. The van der Waals surface area contributed by atoms with E-state index >= 15 is 0 Å². The van der Waals surface area contributed by atoms with E-state index in [1.807, 2.05) is 48.9 Å². The van der Waals surface area contributed by atoms with E-state index in [1.165, 1.54) is 0 Å². The van der Waals surface area contributed by atoms with E-state index in [-0.39, 0.29) is 0 Å². The van der Waals surface area contributed by atoms with Crippen molar-refractivity contribution >= 4 is 23.1 Å². The van der Waals surface area contributed by atoms with E-state index in [2.05, 4.69) is 15.6 Å². The lowest BCUT2D eigenvalue weighted by Gasteiger charge is -2.02. The van der Waals surface area contributed by atoms with Gasteiger partial charge in [-0.3, -0.25) is 0 Å². The number of methoxy groups -OCH3 is 1. The molecule has 0 atom stereocenters. The maximum Gasteiger partial charge on any atom is 0.191 e. The molecule has 0 aliphatic carbocycles. The van der Waals surface area contributed by atoms with Crippen molar-refractivity contribution in [1.29, 1.82) is 0 Å². The van der Waals surface area contributed by atoms with Crippen LogP contribution < -0.4 is 4.74 Å². The van der Waals surface area contributed by atoms with Crippen LogP contribution in [0.15, 0.2) is 51.5 Å². The average Bonchev–Trinajstić information content (AvgIpc) is 3.41. The van der Waals surface area contributed by atoms with Gasteiger partial charge in [0.2, 0.25) is 0 Å². The minimum atomic E-state index is 0.733. The third-order valence-electron chi connectivity index (χ3n) is 4.15. The first-order valence-corrected chi connectivity index (χ1v) is 10.2. The van der Waals surface area contributed by atoms with Gasteiger partial charge in [0.15, 0.2) is 11.0 Å². The summed E-state index contributed by atoms with van der Waals surface area (Å²) in [7, 11) is 3.63. The van der Waals surface area contributed by atoms with Gasteiger partial charge in [-0.05, 0) is 25.1 Å². The number of hydrogen-bond acceptors (Lipinski definition) is 7. The summed E-state index contributed by atoms with van der Waals surface area (Å²) in [6, 6.07) is 9.86. The second-order valence-corrected chi connectivity index (χ2v) is 7.72. The lowest BCUT2D eigenvalue weighted by atomic mass is 10.2. The molecule has 3 aromatic heterocycles. The van der Waals surface area contributed by atoms with Crippen molar-refractivity contribution in [1.82, 2.24) is 19.7 Å². The highest BCUT2D eigenvalue weighted by atomic mass is 32.2. The lowest BCUT2D eigenvalue weighted by Crippen LogP contribution is -1.95. The molecule has 0 fully saturated rings. The molecule has 0 unspecified atom stereocenters. The third kappa shape index (κ3) is 3.63. The Morgan fingerprint density at radius 2 is 2.15 bits per heavy atom. The van der Waals surface area contributed by atoms with Crippen LogP contribution in [-0.4, -0.2) is 26.9 Å². The van der Waals surface area contributed by atoms with Gasteiger partial charge in [-0.2, -0.15) is 0 Å². The number of benzene rings is 1. The number of aryl methyl sites for hydroxylation is 1. The number of thioether (sulfide) groups is 1. The molecule has 8 heteroatoms. The first-order valence-electron chi connectivity index (χ1n) is 8.31. The SMILES string of the molecule is COc1cccc(-c2nc(CSc3nnc(-c4ccoc4C)n3C)cs2)c1. The molecule has 138 valence electrons. The molecule has 1 aromatic carbocycles. The van der Waals surface area contributed by atoms with Crippen LogP contribution in [-0.2, 0) is 12.8 Å². The summed E-state index contributed by atoms with van der Waals surface area (Å²) in [5.74, 6) is 3.21. The highest BCUT2D eigenvalue weighted by Gasteiger charge is 2.15. The fraction of sp³-hybridized carbons (Fsp3) is 0.211. The van der Waals surface area contributed by atoms with Crippen molar-refractivity contribution < 1.29 is 9.15 Å². The monoisotopic (exact) mass is 398 g/mol. The number of thiazole rings is 1. The minimum Gasteiger partial charge on any atom is -0.497 e. The fourth-order valence-corrected chi connectivity index (χ4v) is 4.42. The van der Waals surface area contributed by atoms with Crippen LogP contribution in [0.1, 0.15) is 11.5 Å². The van der Waals surface area contributed by atoms with E-state index in [9.17, 15) is 0 Å². The number of nitrogens with zero attached hydrogens (tertiary/aromatic N) is 4. The van der Waals surface area contributed by atoms with Gasteiger partial charge in [0.05, 0.1) is 24.6 Å². The number of hydrogen-bond donors (Lipinski definition) is 0. The van der Waals surface area contributed by atoms with E-state index in [0.29, 0.717) is 0 Å². The van der Waals surface area contributed by atoms with Crippen LogP contribution in [0.4, 0.5) is 0 Å². The summed E-state index contributed by atoms with van der Waals surface area (Å²) in [4.78, 5) is 4.74. The van der Waals surface area contributed by atoms with E-state index in [4.69, 9.17) is 14.1 Å². The highest BCUT2D eigenvalue weighted by Crippen LogP contribution is 2.30. The second kappa shape index (κ2) is 7.58. The predicted molar refractivity (Wildman–Crippen MR) is 107 cm³/mol. The molecule has 0 spiro atoms. The summed E-state index contributed by atoms with van der Waals surface area (Å²) in [6.45, 7) is 1.92. The van der Waals surface area contributed by atoms with Gasteiger partial charge in [0.25, 0.3) is 0 Å². The first kappa shape index (κ1) is 17.8. The molecule has 0 aliphatic heterocycles. The Labute approximate surface area is 165 Å². The number of aromatic nitrogens is 4. The van der Waals surface area contributed by atoms with Gasteiger partial charge < -0.3 is 13.7 Å². The van der Waals surface area contributed by atoms with Crippen molar-refractivity contribution in [3.8, 4) is 27.7 Å². The zero-order chi connectivity index (χ0) is 18.8. The van der Waals surface area contributed by atoms with Crippen LogP contribution >= 0.6 is 23.1 Å². The molecular formula is C19H18N4O2S2. The maximum atomic E-state index is 5.37. The molecule has 0 saturated heterocycles. The zero-order valence-electron chi connectivity index (χ0n) is 15.2. The Morgan fingerprint density at radius 1 is 1.26 bits per heavy atom. The standard InChI is InChI=1S/C19H18N4O2S2/c1-12-16(7-8-25-12)17-21-22-19(23(17)2)27-11-14-10-26-18(20-14)13-5-4-6-15(9-13)24-3/h4-10H,11H2,1-3H3. The number of ether oxygens (including phenoxy) is 1. The van der Waals surface area contributed by atoms with Gasteiger partial charge in [-0.15, -0.1) is 21.5 Å². The normalized spacial score (nSPS) is 11.1. The Hall–Kier alpha value is -2.58. The van der Waals surface area contributed by atoms with Crippen LogP contribution in [0.25, 0.3) is 22.0 Å². The average molecular weight is 399 g/mol. The van der Waals surface area contributed by atoms with Gasteiger partial charge in [0, 0.05) is 23.7 Å². The van der Waals surface area contributed by atoms with Crippen molar-refractivity contribution in [2.75, 3.05) is 7.11 Å². The third-order valence-corrected chi connectivity index (χ3v) is 6.15. The Balaban J connectivity index is 1.48. The number of furan rings is 1. The summed E-state index contributed by atoms with van der Waals surface area (Å²) in [6.07, 6.45) is 1.67. The highest BCUT2D eigenvalue weighted by molar-refractivity contribution is 7.98. The minimum absolute atomic E-state index is 0.733. The van der Waals surface area contributed by atoms with Crippen molar-refractivity contribution in [2.24, 2.45) is 7.05 Å². The quantitative estimate of drug-likeness (QED) is 0.434. The molecule has 6 nitrogen and oxygen atoms in total.